The molecule has 0 radical (unpaired) electrons. The molecule has 2 heterocycles. The Morgan fingerprint density at radius 3 is 2.60 bits per heavy atom. The van der Waals surface area contributed by atoms with Crippen molar-refractivity contribution in [1.29, 1.82) is 0 Å². The van der Waals surface area contributed by atoms with Crippen LogP contribution in [0, 0.1) is 0 Å². The van der Waals surface area contributed by atoms with Gasteiger partial charge in [0.25, 0.3) is 24.1 Å². The maximum absolute atomic E-state index is 13.1. The van der Waals surface area contributed by atoms with Crippen molar-refractivity contribution < 1.29 is 23.2 Å². The third kappa shape index (κ3) is 5.16. The van der Waals surface area contributed by atoms with Crippen molar-refractivity contribution in [3.05, 3.63) is 59.2 Å². The van der Waals surface area contributed by atoms with E-state index in [0.29, 0.717) is 29.6 Å². The number of para-hydroxylation sites is 1. The average Bonchev–Trinajstić information content (AvgIpc) is 3.20. The highest BCUT2D eigenvalue weighted by molar-refractivity contribution is 6.08. The van der Waals surface area contributed by atoms with Gasteiger partial charge in [0, 0.05) is 30.8 Å². The Labute approximate surface area is 201 Å². The lowest BCUT2D eigenvalue weighted by atomic mass is 10.1. The van der Waals surface area contributed by atoms with Gasteiger partial charge in [-0.2, -0.15) is 0 Å². The van der Waals surface area contributed by atoms with Crippen LogP contribution in [0.3, 0.4) is 0 Å². The average molecular weight is 484 g/mol. The molecule has 1 aliphatic heterocycles. The van der Waals surface area contributed by atoms with Gasteiger partial charge in [0.05, 0.1) is 23.1 Å². The molecule has 2 bridgehead atoms. The second-order valence-electron chi connectivity index (χ2n) is 8.69. The van der Waals surface area contributed by atoms with Crippen LogP contribution in [0.25, 0.3) is 11.0 Å². The number of anilines is 1. The van der Waals surface area contributed by atoms with Crippen LogP contribution < -0.4 is 10.6 Å². The maximum Gasteiger partial charge on any atom is 0.257 e. The van der Waals surface area contributed by atoms with E-state index >= 15 is 0 Å². The molecule has 2 N–H and O–H groups in total. The topological polar surface area (TPSA) is 96.3 Å². The number of carbonyl (C=O) groups excluding carboxylic acids is 3. The SMILES string of the molecule is C[C@@H]1CCCCNC(=O)c2cccc(c2)C(=O)Nc2nc3cccc(C(=O)N(C)CC(F)F)c3n21. The fourth-order valence-electron chi connectivity index (χ4n) is 4.31. The first kappa shape index (κ1) is 24.3. The molecule has 35 heavy (non-hydrogen) atoms. The number of benzene rings is 2. The largest absolute Gasteiger partial charge is 0.352 e. The number of alkyl halides is 2. The minimum Gasteiger partial charge on any atom is -0.352 e. The molecule has 2 aromatic carbocycles. The third-order valence-corrected chi connectivity index (χ3v) is 6.09. The maximum atomic E-state index is 13.1. The molecule has 3 amide bonds. The molecule has 0 aliphatic carbocycles. The second kappa shape index (κ2) is 10.2. The number of imidazole rings is 1. The molecule has 1 aromatic heterocycles. The van der Waals surface area contributed by atoms with Crippen LogP contribution in [0.1, 0.15) is 63.3 Å². The third-order valence-electron chi connectivity index (χ3n) is 6.09. The first-order valence-electron chi connectivity index (χ1n) is 11.5. The van der Waals surface area contributed by atoms with Crippen LogP contribution in [0.2, 0.25) is 0 Å². The zero-order valence-corrected chi connectivity index (χ0v) is 19.6. The minimum absolute atomic E-state index is 0.172. The number of aromatic nitrogens is 2. The highest BCUT2D eigenvalue weighted by Gasteiger charge is 2.25. The number of halogens is 2. The lowest BCUT2D eigenvalue weighted by Gasteiger charge is -2.21. The Morgan fingerprint density at radius 1 is 1.14 bits per heavy atom. The summed E-state index contributed by atoms with van der Waals surface area (Å²) in [7, 11) is 1.33. The fraction of sp³-hybridized carbons (Fsp3) is 0.360. The van der Waals surface area contributed by atoms with Crippen molar-refractivity contribution in [2.75, 3.05) is 25.5 Å². The molecule has 0 spiro atoms. The van der Waals surface area contributed by atoms with E-state index in [1.54, 1.807) is 41.0 Å². The van der Waals surface area contributed by atoms with Gasteiger partial charge in [0.2, 0.25) is 5.95 Å². The molecule has 1 aliphatic rings. The normalized spacial score (nSPS) is 16.9. The lowest BCUT2D eigenvalue weighted by Crippen LogP contribution is -2.31. The number of nitrogens with one attached hydrogen (secondary N) is 2. The number of nitrogens with zero attached hydrogens (tertiary/aromatic N) is 3. The smallest absolute Gasteiger partial charge is 0.257 e. The molecule has 0 saturated heterocycles. The lowest BCUT2D eigenvalue weighted by molar-refractivity contribution is 0.0621. The summed E-state index contributed by atoms with van der Waals surface area (Å²) < 4.78 is 27.7. The van der Waals surface area contributed by atoms with Crippen LogP contribution >= 0.6 is 0 Å². The van der Waals surface area contributed by atoms with Gasteiger partial charge in [-0.05, 0) is 56.5 Å². The Kier molecular flexibility index (Phi) is 7.09. The molecule has 0 saturated carbocycles. The van der Waals surface area contributed by atoms with Crippen LogP contribution in [0.15, 0.2) is 42.5 Å². The first-order chi connectivity index (χ1) is 16.8. The number of hydrogen-bond acceptors (Lipinski definition) is 4. The molecule has 0 fully saturated rings. The van der Waals surface area contributed by atoms with Crippen LogP contribution in [-0.4, -0.2) is 58.7 Å². The van der Waals surface area contributed by atoms with Crippen molar-refractivity contribution in [2.24, 2.45) is 0 Å². The van der Waals surface area contributed by atoms with E-state index in [4.69, 9.17) is 0 Å². The Hall–Kier alpha value is -3.82. The Morgan fingerprint density at radius 2 is 1.86 bits per heavy atom. The van der Waals surface area contributed by atoms with E-state index in [2.05, 4.69) is 15.6 Å². The number of rotatable bonds is 3. The van der Waals surface area contributed by atoms with E-state index in [1.807, 2.05) is 6.92 Å². The molecular weight excluding hydrogens is 456 g/mol. The number of amides is 3. The highest BCUT2D eigenvalue weighted by Crippen LogP contribution is 2.31. The Balaban J connectivity index is 1.82. The van der Waals surface area contributed by atoms with E-state index in [9.17, 15) is 23.2 Å². The summed E-state index contributed by atoms with van der Waals surface area (Å²) in [6.07, 6.45) is -0.454. The predicted octanol–water partition coefficient (Wildman–Crippen LogP) is 4.10. The van der Waals surface area contributed by atoms with E-state index in [-0.39, 0.29) is 29.0 Å². The molecular formula is C25H27F2N5O3. The zero-order chi connectivity index (χ0) is 25.1. The number of hydrogen-bond donors (Lipinski definition) is 2. The summed E-state index contributed by atoms with van der Waals surface area (Å²) in [6.45, 7) is 1.75. The summed E-state index contributed by atoms with van der Waals surface area (Å²) in [5.41, 5.74) is 1.86. The van der Waals surface area contributed by atoms with Gasteiger partial charge in [-0.15, -0.1) is 0 Å². The number of carbonyl (C=O) groups is 3. The van der Waals surface area contributed by atoms with E-state index in [1.165, 1.54) is 13.1 Å². The second-order valence-corrected chi connectivity index (χ2v) is 8.69. The minimum atomic E-state index is -2.66. The first-order valence-corrected chi connectivity index (χ1v) is 11.5. The van der Waals surface area contributed by atoms with Gasteiger partial charge in [0.15, 0.2) is 0 Å². The monoisotopic (exact) mass is 483 g/mol. The van der Waals surface area contributed by atoms with Crippen molar-refractivity contribution >= 4 is 34.7 Å². The van der Waals surface area contributed by atoms with Gasteiger partial charge in [-0.3, -0.25) is 19.7 Å². The molecule has 184 valence electrons. The van der Waals surface area contributed by atoms with Crippen LogP contribution in [-0.2, 0) is 0 Å². The number of fused-ring (bicyclic) bond motifs is 5. The van der Waals surface area contributed by atoms with Crippen LogP contribution in [0.5, 0.6) is 0 Å². The van der Waals surface area contributed by atoms with Gasteiger partial charge >= 0.3 is 0 Å². The van der Waals surface area contributed by atoms with Gasteiger partial charge in [0.1, 0.15) is 0 Å². The summed E-state index contributed by atoms with van der Waals surface area (Å²) in [5, 5.41) is 5.69. The van der Waals surface area contributed by atoms with Gasteiger partial charge in [-0.25, -0.2) is 13.8 Å². The summed E-state index contributed by atoms with van der Waals surface area (Å²) >= 11 is 0. The Bertz CT molecular complexity index is 1270. The molecule has 0 unspecified atom stereocenters. The quantitative estimate of drug-likeness (QED) is 0.586. The molecule has 8 nitrogen and oxygen atoms in total. The van der Waals surface area contributed by atoms with E-state index < -0.39 is 24.8 Å². The van der Waals surface area contributed by atoms with Gasteiger partial charge < -0.3 is 14.8 Å². The summed E-state index contributed by atoms with van der Waals surface area (Å²) in [4.78, 5) is 44.2. The fourth-order valence-corrected chi connectivity index (χ4v) is 4.31. The highest BCUT2D eigenvalue weighted by atomic mass is 19.3. The van der Waals surface area contributed by atoms with Crippen molar-refractivity contribution in [2.45, 2.75) is 38.7 Å². The molecule has 3 aromatic rings. The van der Waals surface area contributed by atoms with E-state index in [0.717, 1.165) is 17.7 Å². The van der Waals surface area contributed by atoms with Crippen molar-refractivity contribution in [1.82, 2.24) is 19.8 Å². The van der Waals surface area contributed by atoms with Crippen molar-refractivity contribution in [3.63, 3.8) is 0 Å². The summed E-state index contributed by atoms with van der Waals surface area (Å²) in [5.74, 6) is -0.996. The predicted molar refractivity (Wildman–Crippen MR) is 128 cm³/mol. The standard InChI is InChI=1S/C25H27F2N5O3/c1-15-7-3-4-12-28-22(33)16-8-5-9-17(13-16)23(34)30-25-29-19-11-6-10-18(21(19)32(15)25)24(35)31(2)14-20(26)27/h5-6,8-11,13,15,20H,3-4,7,12,14H2,1-2H3,(H,28,33)(H,29,30,34)/t15-/m1/s1. The molecule has 1 atom stereocenters. The van der Waals surface area contributed by atoms with Crippen LogP contribution in [0.4, 0.5) is 14.7 Å². The van der Waals surface area contributed by atoms with Crippen molar-refractivity contribution in [3.8, 4) is 0 Å². The van der Waals surface area contributed by atoms with Gasteiger partial charge in [-0.1, -0.05) is 12.1 Å². The zero-order valence-electron chi connectivity index (χ0n) is 19.6. The molecule has 10 heteroatoms. The molecule has 4 rings (SSSR count). The summed E-state index contributed by atoms with van der Waals surface area (Å²) in [6, 6.07) is 11.2.